The Morgan fingerprint density at radius 2 is 1.81 bits per heavy atom. The number of anilines is 1. The molecule has 0 saturated carbocycles. The molecule has 0 spiro atoms. The molecule has 2 aromatic heterocycles. The van der Waals surface area contributed by atoms with Crippen LogP contribution in [0.5, 0.6) is 0 Å². The highest BCUT2D eigenvalue weighted by Gasteiger charge is 2.21. The van der Waals surface area contributed by atoms with Crippen LogP contribution in [-0.2, 0) is 4.79 Å². The highest BCUT2D eigenvalue weighted by atomic mass is 35.5. The molecule has 0 aliphatic heterocycles. The largest absolute Gasteiger partial charge is 0.411 e. The van der Waals surface area contributed by atoms with Gasteiger partial charge in [0.2, 0.25) is 11.8 Å². The van der Waals surface area contributed by atoms with E-state index in [0.29, 0.717) is 16.6 Å². The van der Waals surface area contributed by atoms with Crippen molar-refractivity contribution in [2.24, 2.45) is 0 Å². The van der Waals surface area contributed by atoms with Gasteiger partial charge in [-0.2, -0.15) is 0 Å². The van der Waals surface area contributed by atoms with E-state index in [1.165, 1.54) is 12.1 Å². The average molecular weight is 430 g/mol. The fraction of sp³-hybridized carbons (Fsp3) is 0.125. The fourth-order valence-electron chi connectivity index (χ4n) is 1.96. The molecule has 134 valence electrons. The lowest BCUT2D eigenvalue weighted by Crippen LogP contribution is -2.22. The van der Waals surface area contributed by atoms with Crippen LogP contribution in [0.1, 0.15) is 6.92 Å². The second kappa shape index (κ2) is 8.26. The zero-order valence-electron chi connectivity index (χ0n) is 13.2. The van der Waals surface area contributed by atoms with Gasteiger partial charge in [-0.3, -0.25) is 9.78 Å². The Kier molecular flexibility index (Phi) is 6.03. The number of hydrogen-bond acceptors (Lipinski definition) is 6. The Balaban J connectivity index is 1.68. The summed E-state index contributed by atoms with van der Waals surface area (Å²) in [5.41, 5.74) is 1.05. The van der Waals surface area contributed by atoms with Gasteiger partial charge in [-0.1, -0.05) is 46.6 Å². The summed E-state index contributed by atoms with van der Waals surface area (Å²) >= 11 is 19.1. The van der Waals surface area contributed by atoms with Crippen molar-refractivity contribution in [2.45, 2.75) is 17.4 Å². The molecule has 0 fully saturated rings. The molecule has 26 heavy (non-hydrogen) atoms. The van der Waals surface area contributed by atoms with E-state index in [-0.39, 0.29) is 21.2 Å². The van der Waals surface area contributed by atoms with Crippen molar-refractivity contribution in [3.05, 3.63) is 51.7 Å². The molecule has 1 atom stereocenters. The molecule has 0 aliphatic rings. The van der Waals surface area contributed by atoms with Crippen molar-refractivity contribution in [1.29, 1.82) is 0 Å². The van der Waals surface area contributed by atoms with Crippen molar-refractivity contribution in [3.63, 3.8) is 0 Å². The molecule has 2 heterocycles. The summed E-state index contributed by atoms with van der Waals surface area (Å²) in [6.45, 7) is 1.70. The zero-order chi connectivity index (χ0) is 18.7. The Morgan fingerprint density at radius 3 is 2.46 bits per heavy atom. The van der Waals surface area contributed by atoms with Crippen molar-refractivity contribution in [3.8, 4) is 11.5 Å². The molecule has 0 radical (unpaired) electrons. The lowest BCUT2D eigenvalue weighted by atomic mass is 10.3. The number of carbonyl (C=O) groups is 1. The Hall–Kier alpha value is -1.80. The van der Waals surface area contributed by atoms with Crippen molar-refractivity contribution in [2.75, 3.05) is 5.32 Å². The minimum atomic E-state index is -0.524. The molecular weight excluding hydrogens is 419 g/mol. The first-order chi connectivity index (χ1) is 12.4. The van der Waals surface area contributed by atoms with E-state index in [1.807, 2.05) is 0 Å². The van der Waals surface area contributed by atoms with E-state index in [2.05, 4.69) is 20.5 Å². The lowest BCUT2D eigenvalue weighted by molar-refractivity contribution is -0.115. The normalized spacial score (nSPS) is 12.0. The number of carbonyl (C=O) groups excluding carboxylic acids is 1. The van der Waals surface area contributed by atoms with E-state index in [0.717, 1.165) is 17.3 Å². The average Bonchev–Trinajstić information content (AvgIpc) is 3.07. The number of nitrogens with zero attached hydrogens (tertiary/aromatic N) is 3. The van der Waals surface area contributed by atoms with Gasteiger partial charge >= 0.3 is 0 Å². The maximum absolute atomic E-state index is 12.4. The zero-order valence-corrected chi connectivity index (χ0v) is 16.3. The topological polar surface area (TPSA) is 80.9 Å². The molecule has 1 amide bonds. The van der Waals surface area contributed by atoms with Gasteiger partial charge in [0, 0.05) is 23.0 Å². The maximum Gasteiger partial charge on any atom is 0.277 e. The van der Waals surface area contributed by atoms with Crippen LogP contribution in [0, 0.1) is 0 Å². The summed E-state index contributed by atoms with van der Waals surface area (Å²) in [5, 5.41) is 11.2. The standard InChI is InChI=1S/C16H11Cl3N4O2S/c1-8(14(24)21-13-11(18)6-10(17)7-12(13)19)26-16-23-22-15(25-16)9-2-4-20-5-3-9/h2-8H,1H3,(H,21,24). The Bertz CT molecular complexity index is 913. The molecule has 1 N–H and O–H groups in total. The van der Waals surface area contributed by atoms with Gasteiger partial charge in [-0.05, 0) is 31.2 Å². The molecule has 0 saturated heterocycles. The summed E-state index contributed by atoms with van der Waals surface area (Å²) in [7, 11) is 0. The van der Waals surface area contributed by atoms with E-state index in [4.69, 9.17) is 39.2 Å². The number of benzene rings is 1. The minimum absolute atomic E-state index is 0.255. The first-order valence-corrected chi connectivity index (χ1v) is 9.31. The molecule has 6 nitrogen and oxygen atoms in total. The van der Waals surface area contributed by atoms with E-state index in [1.54, 1.807) is 31.5 Å². The minimum Gasteiger partial charge on any atom is -0.411 e. The van der Waals surface area contributed by atoms with Crippen LogP contribution in [0.4, 0.5) is 5.69 Å². The van der Waals surface area contributed by atoms with Crippen molar-refractivity contribution < 1.29 is 9.21 Å². The smallest absolute Gasteiger partial charge is 0.277 e. The van der Waals surface area contributed by atoms with Gasteiger partial charge in [0.1, 0.15) is 0 Å². The molecule has 3 aromatic rings. The predicted octanol–water partition coefficient (Wildman–Crippen LogP) is 5.21. The monoisotopic (exact) mass is 428 g/mol. The first kappa shape index (κ1) is 19.0. The number of hydrogen-bond donors (Lipinski definition) is 1. The Morgan fingerprint density at radius 1 is 1.15 bits per heavy atom. The summed E-state index contributed by atoms with van der Waals surface area (Å²) in [6, 6.07) is 6.51. The molecule has 1 aromatic carbocycles. The highest BCUT2D eigenvalue weighted by molar-refractivity contribution is 8.00. The van der Waals surface area contributed by atoms with E-state index in [9.17, 15) is 4.79 Å². The molecule has 10 heteroatoms. The summed E-state index contributed by atoms with van der Waals surface area (Å²) < 4.78 is 5.57. The van der Waals surface area contributed by atoms with Gasteiger partial charge < -0.3 is 9.73 Å². The van der Waals surface area contributed by atoms with Crippen LogP contribution in [0.2, 0.25) is 15.1 Å². The quantitative estimate of drug-likeness (QED) is 0.561. The SMILES string of the molecule is CC(Sc1nnc(-c2ccncc2)o1)C(=O)Nc1c(Cl)cc(Cl)cc1Cl. The van der Waals surface area contributed by atoms with E-state index >= 15 is 0 Å². The maximum atomic E-state index is 12.4. The third-order valence-corrected chi connectivity index (χ3v) is 4.98. The molecule has 3 rings (SSSR count). The van der Waals surface area contributed by atoms with E-state index < -0.39 is 5.25 Å². The van der Waals surface area contributed by atoms with Gasteiger partial charge in [0.05, 0.1) is 21.0 Å². The van der Waals surface area contributed by atoms with Gasteiger partial charge in [0.25, 0.3) is 5.22 Å². The molecule has 1 unspecified atom stereocenters. The number of rotatable bonds is 5. The van der Waals surface area contributed by atoms with Crippen LogP contribution in [0.15, 0.2) is 46.3 Å². The molecule has 0 aliphatic carbocycles. The number of thioether (sulfide) groups is 1. The lowest BCUT2D eigenvalue weighted by Gasteiger charge is -2.12. The fourth-order valence-corrected chi connectivity index (χ4v) is 3.55. The molecular formula is C16H11Cl3N4O2S. The Labute approximate surface area is 168 Å². The van der Waals surface area contributed by atoms with Gasteiger partial charge in [-0.25, -0.2) is 0 Å². The summed E-state index contributed by atoms with van der Waals surface area (Å²) in [4.78, 5) is 16.3. The van der Waals surface area contributed by atoms with Crippen LogP contribution < -0.4 is 5.32 Å². The van der Waals surface area contributed by atoms with Crippen LogP contribution in [0.25, 0.3) is 11.5 Å². The number of aromatic nitrogens is 3. The van der Waals surface area contributed by atoms with Crippen molar-refractivity contribution >= 4 is 58.2 Å². The summed E-state index contributed by atoms with van der Waals surface area (Å²) in [5.74, 6) is 0.0380. The number of halogens is 3. The molecule has 0 bridgehead atoms. The number of pyridine rings is 1. The van der Waals surface area contributed by atoms with Crippen molar-refractivity contribution in [1.82, 2.24) is 15.2 Å². The van der Waals surface area contributed by atoms with Crippen LogP contribution in [-0.4, -0.2) is 26.3 Å². The summed E-state index contributed by atoms with van der Waals surface area (Å²) in [6.07, 6.45) is 3.25. The second-order valence-corrected chi connectivity index (χ2v) is 7.65. The third kappa shape index (κ3) is 4.48. The third-order valence-electron chi connectivity index (χ3n) is 3.24. The predicted molar refractivity (Wildman–Crippen MR) is 103 cm³/mol. The second-order valence-electron chi connectivity index (χ2n) is 5.10. The number of nitrogens with one attached hydrogen (secondary N) is 1. The highest BCUT2D eigenvalue weighted by Crippen LogP contribution is 2.34. The van der Waals surface area contributed by atoms with Crippen LogP contribution >= 0.6 is 46.6 Å². The van der Waals surface area contributed by atoms with Gasteiger partial charge in [0.15, 0.2) is 0 Å². The van der Waals surface area contributed by atoms with Crippen LogP contribution in [0.3, 0.4) is 0 Å². The number of amides is 1. The first-order valence-electron chi connectivity index (χ1n) is 7.30. The van der Waals surface area contributed by atoms with Gasteiger partial charge in [-0.15, -0.1) is 10.2 Å².